The molecule has 1 aromatic carbocycles. The first-order valence-corrected chi connectivity index (χ1v) is 6.01. The van der Waals surface area contributed by atoms with Crippen LogP contribution in [0.4, 0.5) is 18.9 Å². The number of furan rings is 1. The smallest absolute Gasteiger partial charge is 0.416 e. The highest BCUT2D eigenvalue weighted by Gasteiger charge is 2.29. The highest BCUT2D eigenvalue weighted by Crippen LogP contribution is 2.29. The summed E-state index contributed by atoms with van der Waals surface area (Å²) in [6.07, 6.45) is -4.37. The van der Waals surface area contributed by atoms with Crippen LogP contribution >= 0.6 is 0 Å². The Balaban J connectivity index is 2.03. The molecule has 0 aliphatic heterocycles. The monoisotopic (exact) mass is 299 g/mol. The zero-order valence-electron chi connectivity index (χ0n) is 11.0. The van der Waals surface area contributed by atoms with Gasteiger partial charge in [0.1, 0.15) is 17.1 Å². The lowest BCUT2D eigenvalue weighted by Gasteiger charge is -2.08. The van der Waals surface area contributed by atoms with Crippen molar-refractivity contribution in [2.24, 2.45) is 0 Å². The van der Waals surface area contributed by atoms with E-state index in [0.29, 0.717) is 11.4 Å². The largest absolute Gasteiger partial charge is 0.478 e. The number of aryl methyl sites for hydroxylation is 1. The van der Waals surface area contributed by atoms with Gasteiger partial charge >= 0.3 is 12.1 Å². The maximum absolute atomic E-state index is 12.4. The van der Waals surface area contributed by atoms with Gasteiger partial charge in [-0.3, -0.25) is 0 Å². The molecular weight excluding hydrogens is 287 g/mol. The summed E-state index contributed by atoms with van der Waals surface area (Å²) in [6, 6.07) is 5.93. The lowest BCUT2D eigenvalue weighted by atomic mass is 10.2. The Bertz CT molecular complexity index is 644. The van der Waals surface area contributed by atoms with Crippen molar-refractivity contribution in [1.82, 2.24) is 0 Å². The molecule has 0 atom stereocenters. The lowest BCUT2D eigenvalue weighted by molar-refractivity contribution is -0.137. The van der Waals surface area contributed by atoms with Gasteiger partial charge in [0.25, 0.3) is 0 Å². The Morgan fingerprint density at radius 1 is 1.29 bits per heavy atom. The molecule has 1 heterocycles. The van der Waals surface area contributed by atoms with Crippen LogP contribution in [0.5, 0.6) is 0 Å². The van der Waals surface area contributed by atoms with Crippen molar-refractivity contribution in [1.29, 1.82) is 0 Å². The summed E-state index contributed by atoms with van der Waals surface area (Å²) < 4.78 is 42.5. The molecule has 4 nitrogen and oxygen atoms in total. The van der Waals surface area contributed by atoms with Gasteiger partial charge in [-0.1, -0.05) is 0 Å². The average Bonchev–Trinajstić information content (AvgIpc) is 2.77. The summed E-state index contributed by atoms with van der Waals surface area (Å²) in [6.45, 7) is 1.71. The maximum atomic E-state index is 12.4. The van der Waals surface area contributed by atoms with Gasteiger partial charge in [-0.2, -0.15) is 13.2 Å². The van der Waals surface area contributed by atoms with Crippen LogP contribution in [0.2, 0.25) is 0 Å². The second kappa shape index (κ2) is 5.51. The van der Waals surface area contributed by atoms with Gasteiger partial charge < -0.3 is 14.8 Å². The Morgan fingerprint density at radius 2 is 1.90 bits per heavy atom. The van der Waals surface area contributed by atoms with E-state index in [1.165, 1.54) is 25.1 Å². The second-order valence-corrected chi connectivity index (χ2v) is 4.42. The van der Waals surface area contributed by atoms with Crippen LogP contribution in [0, 0.1) is 6.92 Å². The minimum Gasteiger partial charge on any atom is -0.478 e. The molecule has 0 aliphatic carbocycles. The van der Waals surface area contributed by atoms with E-state index >= 15 is 0 Å². The quantitative estimate of drug-likeness (QED) is 0.898. The van der Waals surface area contributed by atoms with Crippen LogP contribution in [0.3, 0.4) is 0 Å². The minimum absolute atomic E-state index is 0.0687. The molecule has 0 spiro atoms. The van der Waals surface area contributed by atoms with Crippen molar-refractivity contribution in [3.8, 4) is 0 Å². The van der Waals surface area contributed by atoms with Crippen molar-refractivity contribution in [3.63, 3.8) is 0 Å². The van der Waals surface area contributed by atoms with Crippen LogP contribution in [0.25, 0.3) is 0 Å². The van der Waals surface area contributed by atoms with Crippen LogP contribution in [0.15, 0.2) is 34.7 Å². The fourth-order valence-electron chi connectivity index (χ4n) is 1.81. The number of nitrogens with one attached hydrogen (secondary N) is 1. The average molecular weight is 299 g/mol. The number of hydrogen-bond donors (Lipinski definition) is 2. The third kappa shape index (κ3) is 3.56. The molecule has 0 saturated carbocycles. The van der Waals surface area contributed by atoms with E-state index in [1.54, 1.807) is 0 Å². The lowest BCUT2D eigenvalue weighted by Crippen LogP contribution is -2.05. The van der Waals surface area contributed by atoms with E-state index < -0.39 is 17.7 Å². The number of halogens is 3. The minimum atomic E-state index is -4.37. The number of anilines is 1. The van der Waals surface area contributed by atoms with E-state index in [9.17, 15) is 18.0 Å². The third-order valence-electron chi connectivity index (χ3n) is 2.88. The van der Waals surface area contributed by atoms with Crippen molar-refractivity contribution in [2.45, 2.75) is 19.6 Å². The molecule has 21 heavy (non-hydrogen) atoms. The van der Waals surface area contributed by atoms with Gasteiger partial charge in [-0.25, -0.2) is 4.79 Å². The SMILES string of the molecule is Cc1oc(CNc2ccc(C(F)(F)F)cc2)cc1C(=O)O. The van der Waals surface area contributed by atoms with Gasteiger partial charge in [-0.05, 0) is 37.3 Å². The first kappa shape index (κ1) is 15.0. The highest BCUT2D eigenvalue weighted by molar-refractivity contribution is 5.88. The normalized spacial score (nSPS) is 11.4. The molecule has 0 unspecified atom stereocenters. The van der Waals surface area contributed by atoms with Gasteiger partial charge in [0, 0.05) is 5.69 Å². The van der Waals surface area contributed by atoms with E-state index in [4.69, 9.17) is 9.52 Å². The molecule has 2 N–H and O–H groups in total. The van der Waals surface area contributed by atoms with Crippen LogP contribution in [0.1, 0.15) is 27.4 Å². The number of rotatable bonds is 4. The number of alkyl halides is 3. The molecule has 2 rings (SSSR count). The van der Waals surface area contributed by atoms with Crippen molar-refractivity contribution >= 4 is 11.7 Å². The van der Waals surface area contributed by atoms with Crippen LogP contribution < -0.4 is 5.32 Å². The molecule has 112 valence electrons. The molecule has 7 heteroatoms. The van der Waals surface area contributed by atoms with E-state index in [-0.39, 0.29) is 17.9 Å². The number of aromatic carboxylic acids is 1. The predicted molar refractivity (Wildman–Crippen MR) is 69.2 cm³/mol. The van der Waals surface area contributed by atoms with Gasteiger partial charge in [-0.15, -0.1) is 0 Å². The molecule has 0 aliphatic rings. The van der Waals surface area contributed by atoms with Crippen LogP contribution in [-0.4, -0.2) is 11.1 Å². The molecule has 0 fully saturated rings. The Hall–Kier alpha value is -2.44. The van der Waals surface area contributed by atoms with E-state index in [0.717, 1.165) is 12.1 Å². The summed E-state index contributed by atoms with van der Waals surface area (Å²) in [5.74, 6) is -0.409. The number of carbonyl (C=O) groups is 1. The maximum Gasteiger partial charge on any atom is 0.416 e. The van der Waals surface area contributed by atoms with E-state index in [1.807, 2.05) is 0 Å². The molecule has 1 aromatic heterocycles. The number of carboxylic acid groups (broad SMARTS) is 1. The number of carboxylic acids is 1. The first-order chi connectivity index (χ1) is 9.77. The second-order valence-electron chi connectivity index (χ2n) is 4.42. The first-order valence-electron chi connectivity index (χ1n) is 6.01. The van der Waals surface area contributed by atoms with Crippen molar-refractivity contribution < 1.29 is 27.5 Å². The zero-order chi connectivity index (χ0) is 15.6. The zero-order valence-corrected chi connectivity index (χ0v) is 11.0. The number of hydrogen-bond acceptors (Lipinski definition) is 3. The van der Waals surface area contributed by atoms with Crippen molar-refractivity contribution in [3.05, 3.63) is 53.0 Å². The molecule has 0 bridgehead atoms. The molecule has 2 aromatic rings. The summed E-state index contributed by atoms with van der Waals surface area (Å²) in [7, 11) is 0. The number of benzene rings is 1. The third-order valence-corrected chi connectivity index (χ3v) is 2.88. The van der Waals surface area contributed by atoms with Crippen molar-refractivity contribution in [2.75, 3.05) is 5.32 Å². The topological polar surface area (TPSA) is 62.5 Å². The van der Waals surface area contributed by atoms with E-state index in [2.05, 4.69) is 5.32 Å². The molecule has 0 saturated heterocycles. The Kier molecular flexibility index (Phi) is 3.93. The summed E-state index contributed by atoms with van der Waals surface area (Å²) in [5, 5.41) is 11.7. The molecular formula is C14H12F3NO3. The van der Waals surface area contributed by atoms with Crippen LogP contribution in [-0.2, 0) is 12.7 Å². The standard InChI is InChI=1S/C14H12F3NO3/c1-8-12(13(19)20)6-11(21-8)7-18-10-4-2-9(3-5-10)14(15,16)17/h2-6,18H,7H2,1H3,(H,19,20). The predicted octanol–water partition coefficient (Wildman–Crippen LogP) is 3.92. The summed E-state index contributed by atoms with van der Waals surface area (Å²) in [4.78, 5) is 10.9. The molecule has 0 amide bonds. The van der Waals surface area contributed by atoms with Gasteiger partial charge in [0.15, 0.2) is 0 Å². The Morgan fingerprint density at radius 3 is 2.38 bits per heavy atom. The van der Waals surface area contributed by atoms with Gasteiger partial charge in [0.05, 0.1) is 12.1 Å². The molecule has 0 radical (unpaired) electrons. The Labute approximate surface area is 118 Å². The fraction of sp³-hybridized carbons (Fsp3) is 0.214. The van der Waals surface area contributed by atoms with Gasteiger partial charge in [0.2, 0.25) is 0 Å². The highest BCUT2D eigenvalue weighted by atomic mass is 19.4. The summed E-state index contributed by atoms with van der Waals surface area (Å²) in [5.41, 5.74) is -0.178. The fourth-order valence-corrected chi connectivity index (χ4v) is 1.81. The summed E-state index contributed by atoms with van der Waals surface area (Å²) >= 11 is 0.